The molecular formula is C22H24F3NO3. The Morgan fingerprint density at radius 2 is 1.59 bits per heavy atom. The number of alkyl halides is 3. The number of carboxylic acids is 1. The Labute approximate surface area is 167 Å². The van der Waals surface area contributed by atoms with Gasteiger partial charge in [0, 0.05) is 6.54 Å². The Bertz CT molecular complexity index is 848. The first kappa shape index (κ1) is 22.5. The van der Waals surface area contributed by atoms with Crippen LogP contribution in [0.1, 0.15) is 42.9 Å². The number of hydrogen-bond acceptors (Lipinski definition) is 2. The molecule has 1 atom stereocenters. The van der Waals surface area contributed by atoms with Crippen LogP contribution in [0.25, 0.3) is 0 Å². The molecule has 0 saturated heterocycles. The average Bonchev–Trinajstić information content (AvgIpc) is 2.65. The zero-order valence-electron chi connectivity index (χ0n) is 16.3. The van der Waals surface area contributed by atoms with Crippen LogP contribution >= 0.6 is 0 Å². The summed E-state index contributed by atoms with van der Waals surface area (Å²) in [5.74, 6) is -3.55. The van der Waals surface area contributed by atoms with Crippen molar-refractivity contribution in [3.63, 3.8) is 0 Å². The Morgan fingerprint density at radius 3 is 2.17 bits per heavy atom. The molecule has 1 amide bonds. The van der Waals surface area contributed by atoms with E-state index in [0.29, 0.717) is 5.56 Å². The van der Waals surface area contributed by atoms with Crippen LogP contribution in [0.2, 0.25) is 0 Å². The maximum Gasteiger partial charge on any atom is 0.393 e. The van der Waals surface area contributed by atoms with E-state index in [9.17, 15) is 27.9 Å². The summed E-state index contributed by atoms with van der Waals surface area (Å²) in [5.41, 5.74) is -0.477. The maximum absolute atomic E-state index is 13.2. The predicted octanol–water partition coefficient (Wildman–Crippen LogP) is 4.69. The van der Waals surface area contributed by atoms with E-state index < -0.39 is 29.4 Å². The number of nitrogens with one attached hydrogen (secondary N) is 1. The van der Waals surface area contributed by atoms with Crippen molar-refractivity contribution in [1.29, 1.82) is 0 Å². The molecule has 0 aromatic heterocycles. The van der Waals surface area contributed by atoms with Crippen LogP contribution in [-0.4, -0.2) is 23.2 Å². The van der Waals surface area contributed by atoms with Gasteiger partial charge in [0.1, 0.15) is 0 Å². The van der Waals surface area contributed by atoms with Crippen molar-refractivity contribution in [2.24, 2.45) is 5.41 Å². The highest BCUT2D eigenvalue weighted by Gasteiger charge is 2.46. The van der Waals surface area contributed by atoms with Gasteiger partial charge in [-0.2, -0.15) is 13.2 Å². The number of aryl methyl sites for hydroxylation is 1. The number of carbonyl (C=O) groups excluding carboxylic acids is 1. The molecule has 0 spiro atoms. The molecule has 156 valence electrons. The van der Waals surface area contributed by atoms with Crippen molar-refractivity contribution < 1.29 is 27.9 Å². The lowest BCUT2D eigenvalue weighted by molar-refractivity contribution is -0.213. The van der Waals surface area contributed by atoms with E-state index in [1.165, 1.54) is 6.07 Å². The number of halogens is 3. The van der Waals surface area contributed by atoms with E-state index in [-0.39, 0.29) is 24.9 Å². The van der Waals surface area contributed by atoms with Gasteiger partial charge in [-0.3, -0.25) is 9.59 Å². The van der Waals surface area contributed by atoms with Gasteiger partial charge >= 0.3 is 12.1 Å². The lowest BCUT2D eigenvalue weighted by atomic mass is 9.83. The Morgan fingerprint density at radius 1 is 1.00 bits per heavy atom. The van der Waals surface area contributed by atoms with Gasteiger partial charge in [-0.25, -0.2) is 0 Å². The number of hydrogen-bond donors (Lipinski definition) is 2. The third-order valence-corrected chi connectivity index (χ3v) is 4.97. The molecule has 2 aromatic carbocycles. The minimum absolute atomic E-state index is 0.0123. The molecule has 4 nitrogen and oxygen atoms in total. The molecule has 0 aliphatic heterocycles. The van der Waals surface area contributed by atoms with E-state index in [1.807, 2.05) is 6.07 Å². The molecule has 0 radical (unpaired) electrons. The third kappa shape index (κ3) is 5.82. The second-order valence-electron chi connectivity index (χ2n) is 7.56. The van der Waals surface area contributed by atoms with Crippen molar-refractivity contribution in [3.05, 3.63) is 71.3 Å². The molecule has 0 aliphatic carbocycles. The van der Waals surface area contributed by atoms with Crippen molar-refractivity contribution in [2.75, 3.05) is 0 Å². The topological polar surface area (TPSA) is 66.4 Å². The molecule has 0 bridgehead atoms. The fraction of sp³-hybridized carbons (Fsp3) is 0.364. The zero-order valence-corrected chi connectivity index (χ0v) is 16.3. The van der Waals surface area contributed by atoms with Crippen molar-refractivity contribution >= 4 is 11.9 Å². The zero-order chi connectivity index (χ0) is 21.7. The first-order valence-electron chi connectivity index (χ1n) is 9.22. The second-order valence-corrected chi connectivity index (χ2v) is 7.56. The minimum Gasteiger partial charge on any atom is -0.480 e. The second kappa shape index (κ2) is 9.11. The van der Waals surface area contributed by atoms with Crippen LogP contribution in [0.15, 0.2) is 54.6 Å². The normalized spacial score (nSPS) is 13.0. The van der Waals surface area contributed by atoms with Gasteiger partial charge < -0.3 is 10.4 Å². The van der Waals surface area contributed by atoms with E-state index in [2.05, 4.69) is 5.32 Å². The van der Waals surface area contributed by atoms with Gasteiger partial charge in [-0.15, -0.1) is 0 Å². The van der Waals surface area contributed by atoms with Gasteiger partial charge in [0.05, 0.1) is 5.41 Å². The maximum atomic E-state index is 13.2. The van der Waals surface area contributed by atoms with Gasteiger partial charge in [0.25, 0.3) is 0 Å². The molecule has 0 saturated carbocycles. The van der Waals surface area contributed by atoms with Crippen LogP contribution in [0, 0.1) is 5.41 Å². The molecule has 2 rings (SSSR count). The van der Waals surface area contributed by atoms with Crippen molar-refractivity contribution in [3.8, 4) is 0 Å². The molecule has 29 heavy (non-hydrogen) atoms. The SMILES string of the molecule is CC(C)(CCc1ccccc1C(C(=O)O)C(=O)NCc1ccccc1)C(F)(F)F. The molecule has 7 heteroatoms. The molecule has 0 aliphatic rings. The number of carboxylic acid groups (broad SMARTS) is 1. The fourth-order valence-corrected chi connectivity index (χ4v) is 2.91. The monoisotopic (exact) mass is 407 g/mol. The molecule has 2 N–H and O–H groups in total. The summed E-state index contributed by atoms with van der Waals surface area (Å²) in [6.45, 7) is 2.38. The van der Waals surface area contributed by atoms with Crippen molar-refractivity contribution in [1.82, 2.24) is 5.32 Å². The Balaban J connectivity index is 2.20. The smallest absolute Gasteiger partial charge is 0.393 e. The van der Waals surface area contributed by atoms with Gasteiger partial charge in [-0.05, 0) is 29.5 Å². The average molecular weight is 407 g/mol. The van der Waals surface area contributed by atoms with Crippen molar-refractivity contribution in [2.45, 2.75) is 45.3 Å². The summed E-state index contributed by atoms with van der Waals surface area (Å²) in [6.07, 6.45) is -4.58. The molecule has 0 heterocycles. The molecular weight excluding hydrogens is 383 g/mol. The lowest BCUT2D eigenvalue weighted by Crippen LogP contribution is -2.34. The summed E-state index contributed by atoms with van der Waals surface area (Å²) in [7, 11) is 0. The quantitative estimate of drug-likeness (QED) is 0.624. The molecule has 1 unspecified atom stereocenters. The highest BCUT2D eigenvalue weighted by atomic mass is 19.4. The standard InChI is InChI=1S/C22H24F3NO3/c1-21(2,22(23,24)25)13-12-16-10-6-7-11-17(16)18(20(28)29)19(27)26-14-15-8-4-3-5-9-15/h3-11,18H,12-14H2,1-2H3,(H,26,27)(H,28,29). The van der Waals surface area contributed by atoms with Crippen LogP contribution in [0.4, 0.5) is 13.2 Å². The van der Waals surface area contributed by atoms with Gasteiger partial charge in [-0.1, -0.05) is 68.4 Å². The van der Waals surface area contributed by atoms with Crippen LogP contribution in [-0.2, 0) is 22.6 Å². The summed E-state index contributed by atoms with van der Waals surface area (Å²) in [5, 5.41) is 12.2. The third-order valence-electron chi connectivity index (χ3n) is 4.97. The predicted molar refractivity (Wildman–Crippen MR) is 103 cm³/mol. The molecule has 0 fully saturated rings. The number of aliphatic carboxylic acids is 1. The Hall–Kier alpha value is -2.83. The van der Waals surface area contributed by atoms with E-state index >= 15 is 0 Å². The van der Waals surface area contributed by atoms with Crippen LogP contribution in [0.5, 0.6) is 0 Å². The number of rotatable bonds is 8. The largest absolute Gasteiger partial charge is 0.480 e. The first-order chi connectivity index (χ1) is 13.5. The highest BCUT2D eigenvalue weighted by Crippen LogP contribution is 2.41. The fourth-order valence-electron chi connectivity index (χ4n) is 2.91. The highest BCUT2D eigenvalue weighted by molar-refractivity contribution is 6.02. The summed E-state index contributed by atoms with van der Waals surface area (Å²) in [6, 6.07) is 15.3. The van der Waals surface area contributed by atoms with Crippen LogP contribution in [0.3, 0.4) is 0 Å². The van der Waals surface area contributed by atoms with E-state index in [1.54, 1.807) is 42.5 Å². The van der Waals surface area contributed by atoms with Gasteiger partial charge in [0.2, 0.25) is 5.91 Å². The summed E-state index contributed by atoms with van der Waals surface area (Å²) >= 11 is 0. The van der Waals surface area contributed by atoms with Crippen LogP contribution < -0.4 is 5.32 Å². The minimum atomic E-state index is -4.37. The van der Waals surface area contributed by atoms with Gasteiger partial charge in [0.15, 0.2) is 5.92 Å². The summed E-state index contributed by atoms with van der Waals surface area (Å²) < 4.78 is 39.5. The number of carbonyl (C=O) groups is 2. The number of benzene rings is 2. The lowest BCUT2D eigenvalue weighted by Gasteiger charge is -2.28. The molecule has 2 aromatic rings. The van der Waals surface area contributed by atoms with E-state index in [4.69, 9.17) is 0 Å². The van der Waals surface area contributed by atoms with E-state index in [0.717, 1.165) is 19.4 Å². The Kier molecular flexibility index (Phi) is 7.06. The first-order valence-corrected chi connectivity index (χ1v) is 9.22. The summed E-state index contributed by atoms with van der Waals surface area (Å²) in [4.78, 5) is 24.4. The number of amides is 1.